The molecule has 0 spiro atoms. The number of nitrogens with one attached hydrogen (secondary N) is 1. The largest absolute Gasteiger partial charge is 0.481 e. The first kappa shape index (κ1) is 26.0. The quantitative estimate of drug-likeness (QED) is 0.378. The molecule has 3 rings (SSSR count). The highest BCUT2D eigenvalue weighted by molar-refractivity contribution is 7.93. The van der Waals surface area contributed by atoms with E-state index in [1.54, 1.807) is 32.0 Å². The number of hydrogen-bond acceptors (Lipinski definition) is 10. The van der Waals surface area contributed by atoms with E-state index in [0.717, 1.165) is 6.20 Å². The van der Waals surface area contributed by atoms with Crippen LogP contribution in [0.3, 0.4) is 0 Å². The molecular weight excluding hydrogens is 496 g/mol. The molecular formula is C21H25ClN8O4S. The van der Waals surface area contributed by atoms with Crippen molar-refractivity contribution < 1.29 is 17.9 Å². The van der Waals surface area contributed by atoms with E-state index in [2.05, 4.69) is 29.9 Å². The minimum absolute atomic E-state index is 0.160. The summed E-state index contributed by atoms with van der Waals surface area (Å²) >= 11 is 5.83. The van der Waals surface area contributed by atoms with E-state index in [9.17, 15) is 13.2 Å². The molecule has 0 unspecified atom stereocenters. The molecule has 3 atom stereocenters. The minimum Gasteiger partial charge on any atom is -0.481 e. The molecule has 0 saturated carbocycles. The van der Waals surface area contributed by atoms with Gasteiger partial charge in [-0.3, -0.25) is 14.1 Å². The molecule has 0 bridgehead atoms. The van der Waals surface area contributed by atoms with Crippen molar-refractivity contribution in [3.05, 3.63) is 53.7 Å². The highest BCUT2D eigenvalue weighted by Gasteiger charge is 2.32. The van der Waals surface area contributed by atoms with Gasteiger partial charge in [0.15, 0.2) is 11.6 Å². The van der Waals surface area contributed by atoms with Crippen LogP contribution in [0.4, 0.5) is 5.95 Å². The van der Waals surface area contributed by atoms with E-state index in [0.29, 0.717) is 22.4 Å². The van der Waals surface area contributed by atoms with Gasteiger partial charge in [-0.2, -0.15) is 0 Å². The van der Waals surface area contributed by atoms with Crippen molar-refractivity contribution in [2.45, 2.75) is 38.0 Å². The van der Waals surface area contributed by atoms with Crippen LogP contribution in [0.15, 0.2) is 42.9 Å². The summed E-state index contributed by atoms with van der Waals surface area (Å²) in [4.78, 5) is 25.2. The van der Waals surface area contributed by atoms with Crippen molar-refractivity contribution in [1.82, 2.24) is 29.7 Å². The molecule has 12 nitrogen and oxygen atoms in total. The Morgan fingerprint density at radius 1 is 1.20 bits per heavy atom. The lowest BCUT2D eigenvalue weighted by molar-refractivity contribution is -0.117. The van der Waals surface area contributed by atoms with Crippen molar-refractivity contribution in [2.24, 2.45) is 5.73 Å². The first-order valence-corrected chi connectivity index (χ1v) is 12.4. The van der Waals surface area contributed by atoms with Crippen LogP contribution in [0.5, 0.6) is 5.88 Å². The third kappa shape index (κ3) is 5.74. The fraction of sp³-hybridized carbons (Fsp3) is 0.333. The number of aromatic nitrogens is 6. The Morgan fingerprint density at radius 3 is 2.51 bits per heavy atom. The highest BCUT2D eigenvalue weighted by Crippen LogP contribution is 2.28. The summed E-state index contributed by atoms with van der Waals surface area (Å²) in [7, 11) is -2.57. The Bertz CT molecular complexity index is 1330. The molecule has 186 valence electrons. The Morgan fingerprint density at radius 2 is 1.89 bits per heavy atom. The average Bonchev–Trinajstić information content (AvgIpc) is 3.25. The lowest BCUT2D eigenvalue weighted by Gasteiger charge is -2.21. The van der Waals surface area contributed by atoms with Crippen LogP contribution in [0.1, 0.15) is 38.6 Å². The van der Waals surface area contributed by atoms with E-state index in [1.807, 2.05) is 0 Å². The summed E-state index contributed by atoms with van der Waals surface area (Å²) < 4.78 is 35.5. The average molecular weight is 521 g/mol. The molecule has 3 aromatic rings. The molecule has 0 aliphatic rings. The van der Waals surface area contributed by atoms with Crippen molar-refractivity contribution in [3.63, 3.8) is 0 Å². The number of anilines is 1. The van der Waals surface area contributed by atoms with Crippen molar-refractivity contribution in [2.75, 3.05) is 11.8 Å². The molecule has 3 aromatic heterocycles. The third-order valence-corrected chi connectivity index (χ3v) is 7.44. The van der Waals surface area contributed by atoms with Gasteiger partial charge in [0.1, 0.15) is 11.5 Å². The fourth-order valence-corrected chi connectivity index (χ4v) is 4.51. The van der Waals surface area contributed by atoms with Gasteiger partial charge in [-0.1, -0.05) is 24.6 Å². The second kappa shape index (κ2) is 10.8. The van der Waals surface area contributed by atoms with E-state index in [4.69, 9.17) is 22.1 Å². The number of nitrogens with zero attached hydrogens (tertiary/aromatic N) is 6. The normalized spacial score (nSPS) is 14.4. The molecule has 0 radical (unpaired) electrons. The number of pyridine rings is 1. The molecule has 3 N–H and O–H groups in total. The van der Waals surface area contributed by atoms with Gasteiger partial charge in [0.25, 0.3) is 0 Å². The maximum atomic E-state index is 13.3. The summed E-state index contributed by atoms with van der Waals surface area (Å²) in [6, 6.07) is 4.06. The molecule has 0 aromatic carbocycles. The number of nitrogens with two attached hydrogens (primary N) is 1. The predicted octanol–water partition coefficient (Wildman–Crippen LogP) is 2.33. The summed E-state index contributed by atoms with van der Waals surface area (Å²) in [5.74, 6) is -0.355. The lowest BCUT2D eigenvalue weighted by atomic mass is 10.1. The standard InChI is InChI=1S/C21H25ClN8O4S/c1-12(19-24-10-15(22)11-25-19)14(3)35(32,33)29-21-28-27-20(16-6-5-7-18(26-16)34-4)30(21)13(2)17(31)8-9-23/h5-14H,23H2,1-4H3,(H,28,29)/t12-,13+,14-/m0/s1. The van der Waals surface area contributed by atoms with E-state index in [1.165, 1.54) is 37.1 Å². The zero-order valence-corrected chi connectivity index (χ0v) is 21.0. The number of carbonyl (C=O) groups is 1. The number of ketones is 1. The second-order valence-corrected chi connectivity index (χ2v) is 10.1. The van der Waals surface area contributed by atoms with Crippen LogP contribution >= 0.6 is 11.6 Å². The van der Waals surface area contributed by atoms with Gasteiger partial charge >= 0.3 is 0 Å². The van der Waals surface area contributed by atoms with Gasteiger partial charge in [0, 0.05) is 24.4 Å². The van der Waals surface area contributed by atoms with Gasteiger partial charge in [-0.15, -0.1) is 10.2 Å². The zero-order chi connectivity index (χ0) is 25.8. The highest BCUT2D eigenvalue weighted by atomic mass is 35.5. The Labute approximate surface area is 207 Å². The van der Waals surface area contributed by atoms with Gasteiger partial charge in [0.2, 0.25) is 21.9 Å². The number of halogens is 1. The first-order chi connectivity index (χ1) is 16.6. The number of sulfonamides is 1. The van der Waals surface area contributed by atoms with Crippen molar-refractivity contribution in [1.29, 1.82) is 0 Å². The predicted molar refractivity (Wildman–Crippen MR) is 130 cm³/mol. The summed E-state index contributed by atoms with van der Waals surface area (Å²) in [5, 5.41) is 7.48. The number of hydrogen-bond donors (Lipinski definition) is 2. The third-order valence-electron chi connectivity index (χ3n) is 5.39. The van der Waals surface area contributed by atoms with Crippen LogP contribution in [-0.4, -0.2) is 56.3 Å². The van der Waals surface area contributed by atoms with Crippen molar-refractivity contribution >= 4 is 33.4 Å². The Kier molecular flexibility index (Phi) is 8.02. The molecule has 0 aliphatic heterocycles. The van der Waals surface area contributed by atoms with Crippen LogP contribution in [0.2, 0.25) is 5.02 Å². The number of carbonyl (C=O) groups excluding carboxylic acids is 1. The monoisotopic (exact) mass is 520 g/mol. The summed E-state index contributed by atoms with van der Waals surface area (Å²) in [6.07, 6.45) is 5.07. The lowest BCUT2D eigenvalue weighted by Crippen LogP contribution is -2.32. The molecule has 0 fully saturated rings. The van der Waals surface area contributed by atoms with Gasteiger partial charge in [-0.05, 0) is 32.2 Å². The van der Waals surface area contributed by atoms with Crippen LogP contribution in [0.25, 0.3) is 11.5 Å². The Hall–Kier alpha value is -3.58. The number of methoxy groups -OCH3 is 1. The molecule has 3 heterocycles. The summed E-state index contributed by atoms with van der Waals surface area (Å²) in [6.45, 7) is 4.77. The number of allylic oxidation sites excluding steroid dienone is 1. The fourth-order valence-electron chi connectivity index (χ4n) is 3.17. The molecule has 35 heavy (non-hydrogen) atoms. The number of rotatable bonds is 10. The van der Waals surface area contributed by atoms with Gasteiger partial charge in [0.05, 0.1) is 23.4 Å². The molecule has 14 heteroatoms. The molecule has 0 aliphatic carbocycles. The minimum atomic E-state index is -4.03. The molecule has 0 amide bonds. The van der Waals surface area contributed by atoms with Crippen LogP contribution in [0, 0.1) is 0 Å². The van der Waals surface area contributed by atoms with E-state index >= 15 is 0 Å². The zero-order valence-electron chi connectivity index (χ0n) is 19.5. The van der Waals surface area contributed by atoms with Crippen molar-refractivity contribution in [3.8, 4) is 17.4 Å². The van der Waals surface area contributed by atoms with E-state index < -0.39 is 33.0 Å². The van der Waals surface area contributed by atoms with Crippen LogP contribution in [-0.2, 0) is 14.8 Å². The number of ether oxygens (including phenoxy) is 1. The summed E-state index contributed by atoms with van der Waals surface area (Å²) in [5.41, 5.74) is 5.71. The topological polar surface area (TPSA) is 168 Å². The smallest absolute Gasteiger partial charge is 0.239 e. The molecule has 0 saturated heterocycles. The maximum Gasteiger partial charge on any atom is 0.239 e. The Balaban J connectivity index is 2.02. The van der Waals surface area contributed by atoms with E-state index in [-0.39, 0.29) is 11.8 Å². The van der Waals surface area contributed by atoms with Gasteiger partial charge in [-0.25, -0.2) is 23.4 Å². The maximum absolute atomic E-state index is 13.3. The first-order valence-electron chi connectivity index (χ1n) is 10.5. The second-order valence-electron chi connectivity index (χ2n) is 7.62. The van der Waals surface area contributed by atoms with Gasteiger partial charge < -0.3 is 10.5 Å². The SMILES string of the molecule is COc1cccc(-c2nnc(NS(=O)(=O)[C@@H](C)[C@H](C)c3ncc(Cl)cn3)n2[C@H](C)C(=O)C=CN)n1. The van der Waals surface area contributed by atoms with Crippen LogP contribution < -0.4 is 15.2 Å².